The van der Waals surface area contributed by atoms with Crippen molar-refractivity contribution in [2.45, 2.75) is 38.8 Å². The van der Waals surface area contributed by atoms with Gasteiger partial charge in [-0.25, -0.2) is 9.18 Å². The lowest BCUT2D eigenvalue weighted by Gasteiger charge is -2.26. The van der Waals surface area contributed by atoms with Crippen LogP contribution in [0, 0.1) is 11.7 Å². The first-order valence-electron chi connectivity index (χ1n) is 10.5. The van der Waals surface area contributed by atoms with E-state index in [1.54, 1.807) is 14.0 Å². The fraction of sp³-hybridized carbons (Fsp3) is 0.375. The largest absolute Gasteiger partial charge is 0.497 e. The van der Waals surface area contributed by atoms with Gasteiger partial charge in [-0.15, -0.1) is 0 Å². The topological polar surface area (TPSA) is 87.7 Å². The average Bonchev–Trinajstić information content (AvgIpc) is 3.03. The molecule has 8 heteroatoms. The maximum Gasteiger partial charge on any atom is 0.325 e. The summed E-state index contributed by atoms with van der Waals surface area (Å²) in [6.07, 6.45) is 0.266. The number of nitrogens with one attached hydrogen (secondary N) is 2. The molecule has 0 radical (unpaired) electrons. The van der Waals surface area contributed by atoms with Crippen LogP contribution < -0.4 is 15.4 Å². The molecule has 32 heavy (non-hydrogen) atoms. The Morgan fingerprint density at radius 1 is 1.12 bits per heavy atom. The highest BCUT2D eigenvalue weighted by molar-refractivity contribution is 6.09. The number of ether oxygens (including phenoxy) is 1. The predicted octanol–water partition coefficient (Wildman–Crippen LogP) is 3.50. The number of benzene rings is 2. The van der Waals surface area contributed by atoms with E-state index in [0.29, 0.717) is 11.3 Å². The third kappa shape index (κ3) is 4.44. The van der Waals surface area contributed by atoms with Crippen molar-refractivity contribution in [3.8, 4) is 5.75 Å². The van der Waals surface area contributed by atoms with Gasteiger partial charge in [0, 0.05) is 0 Å². The summed E-state index contributed by atoms with van der Waals surface area (Å²) in [7, 11) is 1.58. The first kappa shape index (κ1) is 23.2. The number of urea groups is 1. The van der Waals surface area contributed by atoms with E-state index < -0.39 is 35.7 Å². The van der Waals surface area contributed by atoms with Gasteiger partial charge in [0.05, 0.1) is 13.2 Å². The van der Waals surface area contributed by atoms with E-state index in [0.717, 1.165) is 10.5 Å². The van der Waals surface area contributed by atoms with E-state index in [9.17, 15) is 18.8 Å². The zero-order chi connectivity index (χ0) is 23.5. The number of nitrogens with zero attached hydrogens (tertiary/aromatic N) is 1. The second-order valence-corrected chi connectivity index (χ2v) is 8.15. The Morgan fingerprint density at radius 2 is 1.75 bits per heavy atom. The Morgan fingerprint density at radius 3 is 2.28 bits per heavy atom. The normalized spacial score (nSPS) is 19.1. The van der Waals surface area contributed by atoms with E-state index in [-0.39, 0.29) is 18.4 Å². The Kier molecular flexibility index (Phi) is 6.81. The van der Waals surface area contributed by atoms with Crippen molar-refractivity contribution in [1.29, 1.82) is 0 Å². The maximum atomic E-state index is 13.4. The molecule has 0 aliphatic carbocycles. The van der Waals surface area contributed by atoms with Gasteiger partial charge in [0.25, 0.3) is 5.91 Å². The third-order valence-electron chi connectivity index (χ3n) is 5.80. The third-order valence-corrected chi connectivity index (χ3v) is 5.80. The summed E-state index contributed by atoms with van der Waals surface area (Å²) in [6, 6.07) is 11.8. The zero-order valence-electron chi connectivity index (χ0n) is 18.6. The van der Waals surface area contributed by atoms with Crippen molar-refractivity contribution in [3.63, 3.8) is 0 Å². The first-order chi connectivity index (χ1) is 15.2. The molecular weight excluding hydrogens is 413 g/mol. The maximum absolute atomic E-state index is 13.4. The monoisotopic (exact) mass is 441 g/mol. The molecule has 1 aliphatic heterocycles. The van der Waals surface area contributed by atoms with Crippen molar-refractivity contribution in [3.05, 3.63) is 65.5 Å². The van der Waals surface area contributed by atoms with Crippen LogP contribution in [0.1, 0.15) is 44.4 Å². The van der Waals surface area contributed by atoms with Crippen LogP contribution in [-0.2, 0) is 15.1 Å². The number of methoxy groups -OCH3 is 1. The van der Waals surface area contributed by atoms with Crippen LogP contribution in [0.25, 0.3) is 0 Å². The van der Waals surface area contributed by atoms with Crippen LogP contribution in [0.2, 0.25) is 0 Å². The molecule has 0 spiro atoms. The Bertz CT molecular complexity index is 991. The molecule has 2 aromatic rings. The molecule has 2 unspecified atom stereocenters. The summed E-state index contributed by atoms with van der Waals surface area (Å²) in [6.45, 7) is 5.29. The number of hydrogen-bond donors (Lipinski definition) is 2. The second-order valence-electron chi connectivity index (χ2n) is 8.15. The van der Waals surface area contributed by atoms with Gasteiger partial charge >= 0.3 is 6.03 Å². The van der Waals surface area contributed by atoms with Gasteiger partial charge in [-0.2, -0.15) is 0 Å². The van der Waals surface area contributed by atoms with Crippen LogP contribution in [0.3, 0.4) is 0 Å². The highest BCUT2D eigenvalue weighted by atomic mass is 19.1. The van der Waals surface area contributed by atoms with Crippen molar-refractivity contribution < 1.29 is 23.5 Å². The number of halogens is 1. The minimum atomic E-state index is -1.32. The number of carbonyl (C=O) groups is 3. The van der Waals surface area contributed by atoms with Crippen molar-refractivity contribution in [2.75, 3.05) is 13.7 Å². The van der Waals surface area contributed by atoms with Crippen LogP contribution in [-0.4, -0.2) is 36.4 Å². The molecule has 1 aliphatic rings. The summed E-state index contributed by atoms with van der Waals surface area (Å²) in [4.78, 5) is 39.6. The van der Waals surface area contributed by atoms with E-state index in [2.05, 4.69) is 10.6 Å². The number of hydrogen-bond acceptors (Lipinski definition) is 4. The standard InChI is InChI=1S/C24H28FN3O4/c1-5-24(17-8-10-18(25)11-9-17)22(30)28(23(31)27-24)14-20(29)26-21(15(2)3)16-6-12-19(32-4)13-7-16/h6-13,15,21H,5,14H2,1-4H3,(H,26,29)(H,27,31). The van der Waals surface area contributed by atoms with E-state index in [1.807, 2.05) is 38.1 Å². The van der Waals surface area contributed by atoms with Crippen LogP contribution in [0.5, 0.6) is 5.75 Å². The van der Waals surface area contributed by atoms with Gasteiger partial charge in [0.1, 0.15) is 23.7 Å². The molecule has 2 atom stereocenters. The molecule has 3 rings (SSSR count). The number of imide groups is 1. The van der Waals surface area contributed by atoms with E-state index in [1.165, 1.54) is 24.3 Å². The minimum absolute atomic E-state index is 0.0735. The quantitative estimate of drug-likeness (QED) is 0.614. The molecular formula is C24H28FN3O4. The molecule has 0 aromatic heterocycles. The van der Waals surface area contributed by atoms with Gasteiger partial charge in [0.2, 0.25) is 5.91 Å². The highest BCUT2D eigenvalue weighted by Gasteiger charge is 2.51. The number of rotatable bonds is 8. The van der Waals surface area contributed by atoms with Gasteiger partial charge in [0.15, 0.2) is 0 Å². The second kappa shape index (κ2) is 9.38. The fourth-order valence-corrected chi connectivity index (χ4v) is 3.95. The molecule has 2 aromatic carbocycles. The van der Waals surface area contributed by atoms with Crippen molar-refractivity contribution >= 4 is 17.8 Å². The summed E-state index contributed by atoms with van der Waals surface area (Å²) in [5.74, 6) is -0.638. The molecule has 2 N–H and O–H groups in total. The zero-order valence-corrected chi connectivity index (χ0v) is 18.6. The summed E-state index contributed by atoms with van der Waals surface area (Å²) in [5, 5.41) is 5.63. The van der Waals surface area contributed by atoms with Gasteiger partial charge in [-0.05, 0) is 47.7 Å². The molecule has 7 nitrogen and oxygen atoms in total. The van der Waals surface area contributed by atoms with Gasteiger partial charge in [-0.1, -0.05) is 45.0 Å². The lowest BCUT2D eigenvalue weighted by molar-refractivity contribution is -0.135. The summed E-state index contributed by atoms with van der Waals surface area (Å²) in [5.41, 5.74) is 0.0416. The molecule has 0 bridgehead atoms. The number of amides is 4. The fourth-order valence-electron chi connectivity index (χ4n) is 3.95. The number of carbonyl (C=O) groups excluding carboxylic acids is 3. The molecule has 1 saturated heterocycles. The summed E-state index contributed by atoms with van der Waals surface area (Å²) < 4.78 is 18.5. The van der Waals surface area contributed by atoms with Crippen molar-refractivity contribution in [1.82, 2.24) is 15.5 Å². The van der Waals surface area contributed by atoms with Crippen molar-refractivity contribution in [2.24, 2.45) is 5.92 Å². The Labute approximate surface area is 186 Å². The van der Waals surface area contributed by atoms with E-state index >= 15 is 0 Å². The lowest BCUT2D eigenvalue weighted by Crippen LogP contribution is -2.45. The highest BCUT2D eigenvalue weighted by Crippen LogP contribution is 2.32. The minimum Gasteiger partial charge on any atom is -0.497 e. The van der Waals surface area contributed by atoms with Crippen LogP contribution in [0.4, 0.5) is 9.18 Å². The Balaban J connectivity index is 1.76. The van der Waals surface area contributed by atoms with Gasteiger partial charge in [-0.3, -0.25) is 14.5 Å². The molecule has 0 saturated carbocycles. The van der Waals surface area contributed by atoms with E-state index in [4.69, 9.17) is 4.74 Å². The lowest BCUT2D eigenvalue weighted by atomic mass is 9.87. The molecule has 1 fully saturated rings. The van der Waals surface area contributed by atoms with Crippen LogP contribution in [0.15, 0.2) is 48.5 Å². The smallest absolute Gasteiger partial charge is 0.325 e. The summed E-state index contributed by atoms with van der Waals surface area (Å²) >= 11 is 0. The molecule has 1 heterocycles. The first-order valence-corrected chi connectivity index (χ1v) is 10.5. The van der Waals surface area contributed by atoms with Crippen LogP contribution >= 0.6 is 0 Å². The Hall–Kier alpha value is -3.42. The average molecular weight is 442 g/mol. The van der Waals surface area contributed by atoms with Gasteiger partial charge < -0.3 is 15.4 Å². The molecule has 4 amide bonds. The predicted molar refractivity (Wildman–Crippen MR) is 117 cm³/mol. The SMILES string of the molecule is CCC1(c2ccc(F)cc2)NC(=O)N(CC(=O)NC(c2ccc(OC)cc2)C(C)C)C1=O. The molecule has 170 valence electrons.